The van der Waals surface area contributed by atoms with Crippen molar-refractivity contribution in [1.29, 1.82) is 0 Å². The summed E-state index contributed by atoms with van der Waals surface area (Å²) in [6.07, 6.45) is 3.47. The van der Waals surface area contributed by atoms with Gasteiger partial charge in [0.1, 0.15) is 18.1 Å². The van der Waals surface area contributed by atoms with E-state index < -0.39 is 0 Å². The van der Waals surface area contributed by atoms with E-state index in [9.17, 15) is 9.59 Å². The van der Waals surface area contributed by atoms with Gasteiger partial charge in [0.25, 0.3) is 5.56 Å². The van der Waals surface area contributed by atoms with Crippen LogP contribution in [0.4, 0.5) is 0 Å². The molecule has 0 spiro atoms. The highest BCUT2D eigenvalue weighted by molar-refractivity contribution is 6.30. The van der Waals surface area contributed by atoms with Gasteiger partial charge in [0.05, 0.1) is 24.8 Å². The summed E-state index contributed by atoms with van der Waals surface area (Å²) in [5, 5.41) is 3.62. The third kappa shape index (κ3) is 6.81. The molecule has 0 unspecified atom stereocenters. The minimum Gasteiger partial charge on any atom is -0.492 e. The number of hydrogen-bond donors (Lipinski definition) is 1. The molecule has 4 rings (SSSR count). The summed E-state index contributed by atoms with van der Waals surface area (Å²) < 4.78 is 12.8. The second-order valence-corrected chi connectivity index (χ2v) is 9.55. The quantitative estimate of drug-likeness (QED) is 0.439. The van der Waals surface area contributed by atoms with E-state index in [2.05, 4.69) is 20.2 Å². The van der Waals surface area contributed by atoms with E-state index in [-0.39, 0.29) is 29.7 Å². The zero-order valence-electron chi connectivity index (χ0n) is 20.7. The normalized spacial score (nSPS) is 14.7. The molecule has 36 heavy (non-hydrogen) atoms. The number of pyridine rings is 1. The lowest BCUT2D eigenvalue weighted by atomic mass is 10.2. The number of benzene rings is 1. The molecule has 1 N–H and O–H groups in total. The minimum absolute atomic E-state index is 0.0558. The van der Waals surface area contributed by atoms with Crippen LogP contribution in [0.25, 0.3) is 22.4 Å². The Labute approximate surface area is 215 Å². The van der Waals surface area contributed by atoms with Crippen molar-refractivity contribution in [3.63, 3.8) is 0 Å². The van der Waals surface area contributed by atoms with E-state index in [1.54, 1.807) is 36.5 Å². The van der Waals surface area contributed by atoms with E-state index in [0.717, 1.165) is 45.7 Å². The second-order valence-electron chi connectivity index (χ2n) is 9.11. The SMILES string of the molecule is CC(C)NC(=O)Cn1c(-c2cccc(Cl)c2)nc2ncc(OCCCN3CCCOCC3)cc2c1=O. The van der Waals surface area contributed by atoms with Gasteiger partial charge in [-0.2, -0.15) is 0 Å². The van der Waals surface area contributed by atoms with Crippen molar-refractivity contribution >= 4 is 28.5 Å². The molecule has 1 amide bonds. The van der Waals surface area contributed by atoms with Gasteiger partial charge in [-0.05, 0) is 44.9 Å². The standard InChI is InChI=1S/C26H32ClN5O4/c1-18(2)29-23(33)17-32-25(19-6-3-7-20(27)14-19)30-24-22(26(32)34)15-21(16-28-24)36-12-5-9-31-8-4-11-35-13-10-31/h3,6-7,14-16,18H,4-5,8-13,17H2,1-2H3,(H,29,33). The molecule has 1 fully saturated rings. The monoisotopic (exact) mass is 513 g/mol. The first-order valence-corrected chi connectivity index (χ1v) is 12.7. The molecule has 1 aromatic carbocycles. The molecule has 2 aromatic heterocycles. The zero-order valence-corrected chi connectivity index (χ0v) is 21.5. The van der Waals surface area contributed by atoms with Gasteiger partial charge in [-0.1, -0.05) is 23.7 Å². The Kier molecular flexibility index (Phi) is 8.90. The Morgan fingerprint density at radius 2 is 2.11 bits per heavy atom. The van der Waals surface area contributed by atoms with Crippen LogP contribution in [0.1, 0.15) is 26.7 Å². The highest BCUT2D eigenvalue weighted by Crippen LogP contribution is 2.23. The second kappa shape index (κ2) is 12.3. The van der Waals surface area contributed by atoms with Crippen molar-refractivity contribution < 1.29 is 14.3 Å². The van der Waals surface area contributed by atoms with Crippen LogP contribution in [0.2, 0.25) is 5.02 Å². The maximum atomic E-state index is 13.5. The minimum atomic E-state index is -0.364. The van der Waals surface area contributed by atoms with Gasteiger partial charge in [0.15, 0.2) is 5.65 Å². The number of carbonyl (C=O) groups is 1. The van der Waals surface area contributed by atoms with Gasteiger partial charge < -0.3 is 19.7 Å². The van der Waals surface area contributed by atoms with Crippen LogP contribution < -0.4 is 15.6 Å². The van der Waals surface area contributed by atoms with E-state index in [4.69, 9.17) is 21.1 Å². The van der Waals surface area contributed by atoms with Crippen LogP contribution >= 0.6 is 11.6 Å². The molecule has 3 heterocycles. The van der Waals surface area contributed by atoms with Crippen molar-refractivity contribution in [1.82, 2.24) is 24.8 Å². The van der Waals surface area contributed by atoms with E-state index in [0.29, 0.717) is 34.2 Å². The third-order valence-corrected chi connectivity index (χ3v) is 6.06. The molecule has 192 valence electrons. The molecule has 0 bridgehead atoms. The van der Waals surface area contributed by atoms with Gasteiger partial charge in [-0.15, -0.1) is 0 Å². The van der Waals surface area contributed by atoms with Crippen molar-refractivity contribution in [2.45, 2.75) is 39.3 Å². The molecule has 1 aliphatic rings. The molecule has 0 atom stereocenters. The van der Waals surface area contributed by atoms with Crippen molar-refractivity contribution in [3.05, 3.63) is 51.9 Å². The first-order valence-electron chi connectivity index (χ1n) is 12.3. The lowest BCUT2D eigenvalue weighted by Crippen LogP contribution is -2.37. The van der Waals surface area contributed by atoms with Crippen molar-refractivity contribution in [3.8, 4) is 17.1 Å². The van der Waals surface area contributed by atoms with E-state index in [1.807, 2.05) is 13.8 Å². The fourth-order valence-corrected chi connectivity index (χ4v) is 4.36. The summed E-state index contributed by atoms with van der Waals surface area (Å²) in [6.45, 7) is 8.53. The van der Waals surface area contributed by atoms with Crippen LogP contribution in [0.3, 0.4) is 0 Å². The van der Waals surface area contributed by atoms with Gasteiger partial charge in [0, 0.05) is 42.9 Å². The number of fused-ring (bicyclic) bond motifs is 1. The number of halogens is 1. The van der Waals surface area contributed by atoms with Crippen LogP contribution in [0.5, 0.6) is 5.75 Å². The largest absolute Gasteiger partial charge is 0.492 e. The summed E-state index contributed by atoms with van der Waals surface area (Å²) >= 11 is 6.18. The lowest BCUT2D eigenvalue weighted by Gasteiger charge is -2.18. The maximum absolute atomic E-state index is 13.5. The molecule has 1 aliphatic heterocycles. The van der Waals surface area contributed by atoms with E-state index >= 15 is 0 Å². The average molecular weight is 514 g/mol. The predicted octanol–water partition coefficient (Wildman–Crippen LogP) is 3.13. The lowest BCUT2D eigenvalue weighted by molar-refractivity contribution is -0.122. The zero-order chi connectivity index (χ0) is 25.5. The van der Waals surface area contributed by atoms with Crippen LogP contribution in [-0.2, 0) is 16.1 Å². The number of hydrogen-bond acceptors (Lipinski definition) is 7. The van der Waals surface area contributed by atoms with Crippen LogP contribution in [0.15, 0.2) is 41.3 Å². The Morgan fingerprint density at radius 3 is 2.92 bits per heavy atom. The fraction of sp³-hybridized carbons (Fsp3) is 0.462. The topological polar surface area (TPSA) is 98.6 Å². The Balaban J connectivity index is 1.57. The number of amides is 1. The fourth-order valence-electron chi connectivity index (χ4n) is 4.17. The smallest absolute Gasteiger partial charge is 0.263 e. The molecule has 1 saturated heterocycles. The number of rotatable bonds is 9. The first kappa shape index (κ1) is 26.1. The summed E-state index contributed by atoms with van der Waals surface area (Å²) in [5.74, 6) is 0.543. The molecule has 3 aromatic rings. The molecule has 0 aliphatic carbocycles. The number of carbonyl (C=O) groups excluding carboxylic acids is 1. The number of nitrogens with zero attached hydrogens (tertiary/aromatic N) is 4. The van der Waals surface area contributed by atoms with E-state index in [1.165, 1.54) is 4.57 Å². The predicted molar refractivity (Wildman–Crippen MR) is 140 cm³/mol. The molecule has 9 nitrogen and oxygen atoms in total. The van der Waals surface area contributed by atoms with Crippen LogP contribution in [-0.4, -0.2) is 70.8 Å². The number of ether oxygens (including phenoxy) is 2. The van der Waals surface area contributed by atoms with Crippen molar-refractivity contribution in [2.24, 2.45) is 0 Å². The Hall–Kier alpha value is -3.01. The molecule has 0 saturated carbocycles. The molecular formula is C26H32ClN5O4. The Morgan fingerprint density at radius 1 is 1.25 bits per heavy atom. The Bertz CT molecular complexity index is 1250. The number of nitrogens with one attached hydrogen (secondary N) is 1. The molecule has 0 radical (unpaired) electrons. The number of aromatic nitrogens is 3. The van der Waals surface area contributed by atoms with Gasteiger partial charge >= 0.3 is 0 Å². The van der Waals surface area contributed by atoms with Gasteiger partial charge in [-0.25, -0.2) is 9.97 Å². The highest BCUT2D eigenvalue weighted by atomic mass is 35.5. The summed E-state index contributed by atoms with van der Waals surface area (Å²) in [5.41, 5.74) is 0.545. The summed E-state index contributed by atoms with van der Waals surface area (Å²) in [7, 11) is 0. The molecular weight excluding hydrogens is 482 g/mol. The summed E-state index contributed by atoms with van der Waals surface area (Å²) in [6, 6.07) is 8.61. The third-order valence-electron chi connectivity index (χ3n) is 5.82. The molecule has 10 heteroatoms. The average Bonchev–Trinajstić information content (AvgIpc) is 3.12. The maximum Gasteiger partial charge on any atom is 0.263 e. The first-order chi connectivity index (χ1) is 17.4. The van der Waals surface area contributed by atoms with Gasteiger partial charge in [-0.3, -0.25) is 14.2 Å². The highest BCUT2D eigenvalue weighted by Gasteiger charge is 2.18. The van der Waals surface area contributed by atoms with Crippen molar-refractivity contribution in [2.75, 3.05) is 39.5 Å². The summed E-state index contributed by atoms with van der Waals surface area (Å²) in [4.78, 5) is 37.5. The van der Waals surface area contributed by atoms with Crippen LogP contribution in [0, 0.1) is 0 Å². The van der Waals surface area contributed by atoms with Gasteiger partial charge in [0.2, 0.25) is 5.91 Å².